The van der Waals surface area contributed by atoms with Gasteiger partial charge in [0.25, 0.3) is 0 Å². The highest BCUT2D eigenvalue weighted by Gasteiger charge is 2.30. The second-order valence-corrected chi connectivity index (χ2v) is 4.38. The average molecular weight is 247 g/mol. The summed E-state index contributed by atoms with van der Waals surface area (Å²) < 4.78 is 11.7. The lowest BCUT2D eigenvalue weighted by molar-refractivity contribution is 0.127. The van der Waals surface area contributed by atoms with Crippen LogP contribution in [-0.2, 0) is 0 Å². The van der Waals surface area contributed by atoms with Crippen LogP contribution in [0.4, 0.5) is 0 Å². The molecule has 0 fully saturated rings. The summed E-state index contributed by atoms with van der Waals surface area (Å²) in [5.41, 5.74) is 5.61. The summed E-state index contributed by atoms with van der Waals surface area (Å²) in [4.78, 5) is 6.70. The first-order valence-corrected chi connectivity index (χ1v) is 6.26. The molecule has 0 bridgehead atoms. The number of fused-ring (bicyclic) bond motifs is 1. The maximum atomic E-state index is 5.95. The van der Waals surface area contributed by atoms with Crippen molar-refractivity contribution in [3.63, 3.8) is 0 Å². The molecule has 5 nitrogen and oxygen atoms in total. The molecule has 1 unspecified atom stereocenters. The quantitative estimate of drug-likeness (QED) is 0.845. The van der Waals surface area contributed by atoms with Gasteiger partial charge in [-0.3, -0.25) is 4.99 Å². The average Bonchev–Trinajstić information content (AvgIpc) is 2.87. The Morgan fingerprint density at radius 1 is 1.33 bits per heavy atom. The molecule has 2 N–H and O–H groups in total. The Kier molecular flexibility index (Phi) is 3.06. The lowest BCUT2D eigenvalue weighted by Crippen LogP contribution is -2.45. The van der Waals surface area contributed by atoms with Gasteiger partial charge in [0.15, 0.2) is 17.6 Å². The van der Waals surface area contributed by atoms with Crippen molar-refractivity contribution in [1.82, 2.24) is 4.90 Å². The SMILES string of the molecule is NCCN1CCN=C1C1COc2ccccc2O1. The highest BCUT2D eigenvalue weighted by molar-refractivity contribution is 5.88. The maximum Gasteiger partial charge on any atom is 0.189 e. The molecule has 0 aliphatic carbocycles. The molecule has 2 aliphatic rings. The minimum Gasteiger partial charge on any atom is -0.485 e. The fourth-order valence-electron chi connectivity index (χ4n) is 2.33. The zero-order valence-electron chi connectivity index (χ0n) is 10.2. The molecule has 0 radical (unpaired) electrons. The fraction of sp³-hybridized carbons (Fsp3) is 0.462. The third-order valence-electron chi connectivity index (χ3n) is 3.16. The molecule has 1 aromatic carbocycles. The van der Waals surface area contributed by atoms with E-state index in [0.717, 1.165) is 37.0 Å². The summed E-state index contributed by atoms with van der Waals surface area (Å²) in [5, 5.41) is 0. The molecule has 96 valence electrons. The molecular formula is C13H17N3O2. The first-order valence-electron chi connectivity index (χ1n) is 6.26. The van der Waals surface area contributed by atoms with Crippen LogP contribution in [-0.4, -0.2) is 49.6 Å². The smallest absolute Gasteiger partial charge is 0.189 e. The predicted molar refractivity (Wildman–Crippen MR) is 69.3 cm³/mol. The van der Waals surface area contributed by atoms with Crippen molar-refractivity contribution in [2.75, 3.05) is 32.8 Å². The van der Waals surface area contributed by atoms with Crippen molar-refractivity contribution in [1.29, 1.82) is 0 Å². The number of hydrogen-bond donors (Lipinski definition) is 1. The number of aliphatic imine (C=N–C) groups is 1. The number of nitrogens with two attached hydrogens (primary N) is 1. The van der Waals surface area contributed by atoms with E-state index >= 15 is 0 Å². The van der Waals surface area contributed by atoms with Crippen molar-refractivity contribution in [2.24, 2.45) is 10.7 Å². The van der Waals surface area contributed by atoms with E-state index in [1.807, 2.05) is 24.3 Å². The lowest BCUT2D eigenvalue weighted by Gasteiger charge is -2.30. The summed E-state index contributed by atoms with van der Waals surface area (Å²) in [6, 6.07) is 7.72. The van der Waals surface area contributed by atoms with Gasteiger partial charge < -0.3 is 20.1 Å². The fourth-order valence-corrected chi connectivity index (χ4v) is 2.33. The highest BCUT2D eigenvalue weighted by Crippen LogP contribution is 2.31. The standard InChI is InChI=1S/C13H17N3O2/c14-5-7-16-8-6-15-13(16)12-9-17-10-3-1-2-4-11(10)18-12/h1-4,12H,5-9,14H2. The van der Waals surface area contributed by atoms with Crippen LogP contribution in [0.2, 0.25) is 0 Å². The molecule has 5 heteroatoms. The van der Waals surface area contributed by atoms with Crippen LogP contribution in [0.25, 0.3) is 0 Å². The van der Waals surface area contributed by atoms with E-state index < -0.39 is 0 Å². The van der Waals surface area contributed by atoms with Crippen LogP contribution in [0.3, 0.4) is 0 Å². The van der Waals surface area contributed by atoms with Crippen LogP contribution in [0.1, 0.15) is 0 Å². The van der Waals surface area contributed by atoms with Crippen LogP contribution in [0.5, 0.6) is 11.5 Å². The molecule has 0 spiro atoms. The summed E-state index contributed by atoms with van der Waals surface area (Å²) in [7, 11) is 0. The number of ether oxygens (including phenoxy) is 2. The van der Waals surface area contributed by atoms with Crippen LogP contribution in [0.15, 0.2) is 29.3 Å². The number of nitrogens with zero attached hydrogens (tertiary/aromatic N) is 2. The third kappa shape index (κ3) is 2.01. The van der Waals surface area contributed by atoms with Crippen molar-refractivity contribution >= 4 is 5.84 Å². The molecule has 0 saturated heterocycles. The molecular weight excluding hydrogens is 230 g/mol. The number of hydrogen-bond acceptors (Lipinski definition) is 5. The molecule has 2 aliphatic heterocycles. The van der Waals surface area contributed by atoms with Crippen LogP contribution >= 0.6 is 0 Å². The Hall–Kier alpha value is -1.75. The molecule has 1 aromatic rings. The van der Waals surface area contributed by atoms with Gasteiger partial charge in [0, 0.05) is 19.6 Å². The van der Waals surface area contributed by atoms with E-state index in [9.17, 15) is 0 Å². The van der Waals surface area contributed by atoms with Gasteiger partial charge in [0.2, 0.25) is 0 Å². The second-order valence-electron chi connectivity index (χ2n) is 4.38. The van der Waals surface area contributed by atoms with Gasteiger partial charge in [-0.15, -0.1) is 0 Å². The molecule has 18 heavy (non-hydrogen) atoms. The van der Waals surface area contributed by atoms with Crippen molar-refractivity contribution in [2.45, 2.75) is 6.10 Å². The van der Waals surface area contributed by atoms with E-state index in [1.165, 1.54) is 0 Å². The van der Waals surface area contributed by atoms with Gasteiger partial charge in [-0.1, -0.05) is 12.1 Å². The predicted octanol–water partition coefficient (Wildman–Crippen LogP) is 0.499. The van der Waals surface area contributed by atoms with Gasteiger partial charge >= 0.3 is 0 Å². The van der Waals surface area contributed by atoms with Crippen LogP contribution < -0.4 is 15.2 Å². The monoisotopic (exact) mass is 247 g/mol. The summed E-state index contributed by atoms with van der Waals surface area (Å²) in [6.45, 7) is 3.70. The third-order valence-corrected chi connectivity index (χ3v) is 3.16. The van der Waals surface area contributed by atoms with Gasteiger partial charge in [0.05, 0.1) is 6.54 Å². The van der Waals surface area contributed by atoms with E-state index in [-0.39, 0.29) is 6.10 Å². The van der Waals surface area contributed by atoms with E-state index in [0.29, 0.717) is 13.2 Å². The number of para-hydroxylation sites is 2. The summed E-state index contributed by atoms with van der Waals surface area (Å²) >= 11 is 0. The van der Waals surface area contributed by atoms with Gasteiger partial charge in [0.1, 0.15) is 12.4 Å². The first kappa shape index (κ1) is 11.3. The molecule has 3 rings (SSSR count). The number of amidine groups is 1. The van der Waals surface area contributed by atoms with E-state index in [2.05, 4.69) is 9.89 Å². The van der Waals surface area contributed by atoms with Crippen molar-refractivity contribution < 1.29 is 9.47 Å². The van der Waals surface area contributed by atoms with Crippen molar-refractivity contribution in [3.05, 3.63) is 24.3 Å². The highest BCUT2D eigenvalue weighted by atomic mass is 16.6. The minimum atomic E-state index is -0.117. The summed E-state index contributed by atoms with van der Waals surface area (Å²) in [5.74, 6) is 2.56. The Bertz CT molecular complexity index is 461. The molecule has 0 amide bonds. The normalized spacial score (nSPS) is 21.9. The second kappa shape index (κ2) is 4.86. The van der Waals surface area contributed by atoms with Crippen LogP contribution in [0, 0.1) is 0 Å². The lowest BCUT2D eigenvalue weighted by atomic mass is 10.2. The molecule has 0 saturated carbocycles. The number of benzene rings is 1. The number of rotatable bonds is 3. The Morgan fingerprint density at radius 3 is 3.00 bits per heavy atom. The largest absolute Gasteiger partial charge is 0.485 e. The minimum absolute atomic E-state index is 0.117. The van der Waals surface area contributed by atoms with E-state index in [4.69, 9.17) is 15.2 Å². The van der Waals surface area contributed by atoms with Gasteiger partial charge in [-0.2, -0.15) is 0 Å². The topological polar surface area (TPSA) is 60.1 Å². The first-order chi connectivity index (χ1) is 8.88. The van der Waals surface area contributed by atoms with Gasteiger partial charge in [-0.05, 0) is 12.1 Å². The van der Waals surface area contributed by atoms with Crippen molar-refractivity contribution in [3.8, 4) is 11.5 Å². The summed E-state index contributed by atoms with van der Waals surface area (Å²) in [6.07, 6.45) is -0.117. The van der Waals surface area contributed by atoms with Gasteiger partial charge in [-0.25, -0.2) is 0 Å². The molecule has 1 atom stereocenters. The maximum absolute atomic E-state index is 5.95. The zero-order valence-corrected chi connectivity index (χ0v) is 10.2. The Labute approximate surface area is 106 Å². The van der Waals surface area contributed by atoms with E-state index in [1.54, 1.807) is 0 Å². The Balaban J connectivity index is 1.76. The Morgan fingerprint density at radius 2 is 2.17 bits per heavy atom. The zero-order chi connectivity index (χ0) is 12.4. The molecule has 0 aromatic heterocycles. The molecule has 2 heterocycles.